The van der Waals surface area contributed by atoms with Gasteiger partial charge in [-0.05, 0) is 50.4 Å². The van der Waals surface area contributed by atoms with E-state index in [2.05, 4.69) is 18.7 Å². The van der Waals surface area contributed by atoms with Crippen LogP contribution in [0.4, 0.5) is 4.39 Å². The quantitative estimate of drug-likeness (QED) is 0.720. The van der Waals surface area contributed by atoms with E-state index in [1.54, 1.807) is 12.1 Å². The third kappa shape index (κ3) is 2.37. The van der Waals surface area contributed by atoms with Gasteiger partial charge < -0.3 is 4.90 Å². The van der Waals surface area contributed by atoms with Crippen LogP contribution in [0.25, 0.3) is 0 Å². The second kappa shape index (κ2) is 4.31. The lowest BCUT2D eigenvalue weighted by Gasteiger charge is -2.20. The maximum Gasteiger partial charge on any atom is 0.123 e. The summed E-state index contributed by atoms with van der Waals surface area (Å²) in [4.78, 5) is 2.48. The third-order valence-corrected chi connectivity index (χ3v) is 3.29. The van der Waals surface area contributed by atoms with Crippen molar-refractivity contribution < 1.29 is 4.39 Å². The van der Waals surface area contributed by atoms with Gasteiger partial charge in [-0.25, -0.2) is 4.39 Å². The van der Waals surface area contributed by atoms with Crippen LogP contribution in [0.1, 0.15) is 31.7 Å². The van der Waals surface area contributed by atoms with Gasteiger partial charge in [0.15, 0.2) is 0 Å². The Morgan fingerprint density at radius 3 is 2.47 bits per heavy atom. The van der Waals surface area contributed by atoms with Crippen molar-refractivity contribution in [3.8, 4) is 0 Å². The molecule has 0 saturated carbocycles. The summed E-state index contributed by atoms with van der Waals surface area (Å²) in [6.45, 7) is 6.74. The first-order valence-corrected chi connectivity index (χ1v) is 5.66. The molecular weight excluding hydrogens is 189 g/mol. The molecule has 1 aromatic rings. The second-order valence-corrected chi connectivity index (χ2v) is 4.63. The van der Waals surface area contributed by atoms with Gasteiger partial charge in [0.25, 0.3) is 0 Å². The summed E-state index contributed by atoms with van der Waals surface area (Å²) < 4.78 is 12.8. The minimum atomic E-state index is -0.141. The Balaban J connectivity index is 2.04. The third-order valence-electron chi connectivity index (χ3n) is 3.29. The first kappa shape index (κ1) is 10.6. The maximum absolute atomic E-state index is 12.8. The van der Waals surface area contributed by atoms with Crippen LogP contribution in [0, 0.1) is 5.82 Å². The lowest BCUT2D eigenvalue weighted by molar-refractivity contribution is 0.272. The standard InChI is InChI=1S/C13H18FN/c1-10(2)15-8-7-12(9-15)11-3-5-13(14)6-4-11/h3-6,10,12H,7-9H2,1-2H3/t12-/m1/s1. The van der Waals surface area contributed by atoms with E-state index in [9.17, 15) is 4.39 Å². The zero-order chi connectivity index (χ0) is 10.8. The molecule has 1 aliphatic rings. The average molecular weight is 207 g/mol. The van der Waals surface area contributed by atoms with Gasteiger partial charge >= 0.3 is 0 Å². The Bertz CT molecular complexity index is 318. The van der Waals surface area contributed by atoms with Crippen LogP contribution in [0.15, 0.2) is 24.3 Å². The summed E-state index contributed by atoms with van der Waals surface area (Å²) in [6, 6.07) is 7.59. The molecule has 1 saturated heterocycles. The predicted octanol–water partition coefficient (Wildman–Crippen LogP) is 3.02. The smallest absolute Gasteiger partial charge is 0.123 e. The fraction of sp³-hybridized carbons (Fsp3) is 0.538. The number of halogens is 1. The second-order valence-electron chi connectivity index (χ2n) is 4.63. The topological polar surface area (TPSA) is 3.24 Å². The molecule has 1 atom stereocenters. The zero-order valence-electron chi connectivity index (χ0n) is 9.41. The molecule has 2 rings (SSSR count). The van der Waals surface area contributed by atoms with Crippen molar-refractivity contribution in [3.05, 3.63) is 35.6 Å². The summed E-state index contributed by atoms with van der Waals surface area (Å²) in [5, 5.41) is 0. The molecule has 1 aromatic carbocycles. The number of nitrogens with zero attached hydrogens (tertiary/aromatic N) is 1. The highest BCUT2D eigenvalue weighted by molar-refractivity contribution is 5.22. The summed E-state index contributed by atoms with van der Waals surface area (Å²) in [5.41, 5.74) is 1.28. The van der Waals surface area contributed by atoms with Crippen LogP contribution in [0.5, 0.6) is 0 Å². The molecule has 0 bridgehead atoms. The zero-order valence-corrected chi connectivity index (χ0v) is 9.41. The SMILES string of the molecule is CC(C)N1CC[C@@H](c2ccc(F)cc2)C1. The molecule has 15 heavy (non-hydrogen) atoms. The van der Waals surface area contributed by atoms with Gasteiger partial charge in [-0.3, -0.25) is 0 Å². The van der Waals surface area contributed by atoms with Crippen molar-refractivity contribution in [3.63, 3.8) is 0 Å². The summed E-state index contributed by atoms with van der Waals surface area (Å²) in [5.74, 6) is 0.450. The Morgan fingerprint density at radius 1 is 1.27 bits per heavy atom. The van der Waals surface area contributed by atoms with Gasteiger partial charge in [0, 0.05) is 12.6 Å². The van der Waals surface area contributed by atoms with Gasteiger partial charge in [0.05, 0.1) is 0 Å². The monoisotopic (exact) mass is 207 g/mol. The van der Waals surface area contributed by atoms with E-state index in [4.69, 9.17) is 0 Å². The Hall–Kier alpha value is -0.890. The summed E-state index contributed by atoms with van der Waals surface area (Å²) in [7, 11) is 0. The lowest BCUT2D eigenvalue weighted by Crippen LogP contribution is -2.27. The summed E-state index contributed by atoms with van der Waals surface area (Å²) >= 11 is 0. The highest BCUT2D eigenvalue weighted by Gasteiger charge is 2.25. The van der Waals surface area contributed by atoms with E-state index in [1.165, 1.54) is 18.5 Å². The molecule has 0 spiro atoms. The molecular formula is C13H18FN. The molecule has 0 unspecified atom stereocenters. The van der Waals surface area contributed by atoms with Crippen LogP contribution in [-0.2, 0) is 0 Å². The first-order chi connectivity index (χ1) is 7.16. The number of hydrogen-bond donors (Lipinski definition) is 0. The first-order valence-electron chi connectivity index (χ1n) is 5.66. The normalized spacial score (nSPS) is 22.5. The van der Waals surface area contributed by atoms with Gasteiger partial charge in [-0.1, -0.05) is 12.1 Å². The van der Waals surface area contributed by atoms with Crippen LogP contribution < -0.4 is 0 Å². The van der Waals surface area contributed by atoms with E-state index >= 15 is 0 Å². The molecule has 0 N–H and O–H groups in total. The van der Waals surface area contributed by atoms with Crippen LogP contribution in [-0.4, -0.2) is 24.0 Å². The molecule has 0 aliphatic carbocycles. The lowest BCUT2D eigenvalue weighted by atomic mass is 9.98. The van der Waals surface area contributed by atoms with Gasteiger partial charge in [0.2, 0.25) is 0 Å². The van der Waals surface area contributed by atoms with E-state index in [1.807, 2.05) is 12.1 Å². The minimum absolute atomic E-state index is 0.141. The van der Waals surface area contributed by atoms with E-state index in [0.29, 0.717) is 12.0 Å². The van der Waals surface area contributed by atoms with E-state index in [-0.39, 0.29) is 5.82 Å². The van der Waals surface area contributed by atoms with E-state index in [0.717, 1.165) is 6.54 Å². The van der Waals surface area contributed by atoms with Gasteiger partial charge in [-0.2, -0.15) is 0 Å². The number of rotatable bonds is 2. The molecule has 1 heterocycles. The minimum Gasteiger partial charge on any atom is -0.300 e. The molecule has 2 heteroatoms. The van der Waals surface area contributed by atoms with Crippen molar-refractivity contribution in [1.29, 1.82) is 0 Å². The number of benzene rings is 1. The fourth-order valence-corrected chi connectivity index (χ4v) is 2.26. The number of hydrogen-bond acceptors (Lipinski definition) is 1. The highest BCUT2D eigenvalue weighted by Crippen LogP contribution is 2.28. The maximum atomic E-state index is 12.8. The summed E-state index contributed by atoms with van der Waals surface area (Å²) in [6.07, 6.45) is 1.20. The predicted molar refractivity (Wildman–Crippen MR) is 60.5 cm³/mol. The largest absolute Gasteiger partial charge is 0.300 e. The average Bonchev–Trinajstić information content (AvgIpc) is 2.68. The molecule has 1 nitrogen and oxygen atoms in total. The van der Waals surface area contributed by atoms with Crippen LogP contribution >= 0.6 is 0 Å². The van der Waals surface area contributed by atoms with Gasteiger partial charge in [0.1, 0.15) is 5.82 Å². The molecule has 1 fully saturated rings. The molecule has 1 aliphatic heterocycles. The Labute approximate surface area is 90.9 Å². The Morgan fingerprint density at radius 2 is 1.93 bits per heavy atom. The van der Waals surface area contributed by atoms with Crippen molar-refractivity contribution in [1.82, 2.24) is 4.90 Å². The molecule has 82 valence electrons. The van der Waals surface area contributed by atoms with Crippen molar-refractivity contribution in [2.45, 2.75) is 32.2 Å². The fourth-order valence-electron chi connectivity index (χ4n) is 2.26. The Kier molecular flexibility index (Phi) is 3.06. The van der Waals surface area contributed by atoms with E-state index < -0.39 is 0 Å². The molecule has 0 radical (unpaired) electrons. The van der Waals surface area contributed by atoms with Crippen molar-refractivity contribution in [2.24, 2.45) is 0 Å². The van der Waals surface area contributed by atoms with Crippen LogP contribution in [0.3, 0.4) is 0 Å². The van der Waals surface area contributed by atoms with Crippen molar-refractivity contribution in [2.75, 3.05) is 13.1 Å². The highest BCUT2D eigenvalue weighted by atomic mass is 19.1. The van der Waals surface area contributed by atoms with Gasteiger partial charge in [-0.15, -0.1) is 0 Å². The molecule has 0 aromatic heterocycles. The number of likely N-dealkylation sites (tertiary alicyclic amines) is 1. The van der Waals surface area contributed by atoms with Crippen molar-refractivity contribution >= 4 is 0 Å². The molecule has 0 amide bonds. The van der Waals surface area contributed by atoms with Crippen LogP contribution in [0.2, 0.25) is 0 Å².